The van der Waals surface area contributed by atoms with Crippen molar-refractivity contribution in [2.24, 2.45) is 0 Å². The summed E-state index contributed by atoms with van der Waals surface area (Å²) in [5, 5.41) is 1.78. The molecule has 2 heterocycles. The minimum atomic E-state index is -3.40. The number of hydrogen-bond acceptors (Lipinski definition) is 5. The monoisotopic (exact) mass is 273 g/mol. The van der Waals surface area contributed by atoms with E-state index in [1.165, 1.54) is 17.4 Å². The first kappa shape index (κ1) is 12.1. The van der Waals surface area contributed by atoms with Crippen LogP contribution in [0.25, 0.3) is 5.57 Å². The highest BCUT2D eigenvalue weighted by atomic mass is 32.2. The van der Waals surface area contributed by atoms with Gasteiger partial charge in [0.25, 0.3) is 0 Å². The van der Waals surface area contributed by atoms with Crippen molar-refractivity contribution in [1.82, 2.24) is 0 Å². The van der Waals surface area contributed by atoms with Crippen LogP contribution in [0.3, 0.4) is 0 Å². The van der Waals surface area contributed by atoms with Gasteiger partial charge in [-0.1, -0.05) is 0 Å². The maximum absolute atomic E-state index is 11.6. The number of rotatable bonds is 2. The van der Waals surface area contributed by atoms with Crippen LogP contribution in [-0.4, -0.2) is 26.7 Å². The molecule has 0 spiro atoms. The molecule has 0 aromatic carbocycles. The average Bonchev–Trinajstić information content (AvgIpc) is 2.63. The van der Waals surface area contributed by atoms with Gasteiger partial charge in [0.15, 0.2) is 0 Å². The largest absolute Gasteiger partial charge is 0.463 e. The van der Waals surface area contributed by atoms with Gasteiger partial charge in [-0.15, -0.1) is 11.3 Å². The molecule has 5 nitrogen and oxygen atoms in total. The summed E-state index contributed by atoms with van der Waals surface area (Å²) in [6.45, 7) is 1.97. The molecule has 0 saturated carbocycles. The fourth-order valence-electron chi connectivity index (χ4n) is 1.55. The Hall–Kier alpha value is -1.34. The first-order valence-electron chi connectivity index (χ1n) is 4.97. The minimum absolute atomic E-state index is 0.195. The topological polar surface area (TPSA) is 72.5 Å². The van der Waals surface area contributed by atoms with Gasteiger partial charge in [-0.25, -0.2) is 13.2 Å². The molecule has 0 fully saturated rings. The van der Waals surface area contributed by atoms with Crippen LogP contribution < -0.4 is 4.72 Å². The van der Waals surface area contributed by atoms with Crippen molar-refractivity contribution in [3.63, 3.8) is 0 Å². The van der Waals surface area contributed by atoms with Crippen LogP contribution in [0.5, 0.6) is 0 Å². The van der Waals surface area contributed by atoms with Crippen LogP contribution in [0.15, 0.2) is 17.5 Å². The Morgan fingerprint density at radius 1 is 1.65 bits per heavy atom. The van der Waals surface area contributed by atoms with Crippen molar-refractivity contribution >= 4 is 38.6 Å². The zero-order valence-corrected chi connectivity index (χ0v) is 10.7. The van der Waals surface area contributed by atoms with Crippen LogP contribution in [-0.2, 0) is 19.6 Å². The van der Waals surface area contributed by atoms with Gasteiger partial charge in [-0.2, -0.15) is 0 Å². The lowest BCUT2D eigenvalue weighted by atomic mass is 10.2. The molecule has 1 aromatic rings. The molecule has 0 radical (unpaired) electrons. The minimum Gasteiger partial charge on any atom is -0.463 e. The number of carbonyl (C=O) groups excluding carboxylic acids is 1. The lowest BCUT2D eigenvalue weighted by Crippen LogP contribution is -2.22. The van der Waals surface area contributed by atoms with E-state index in [4.69, 9.17) is 4.74 Å². The molecule has 0 amide bonds. The van der Waals surface area contributed by atoms with Crippen LogP contribution >= 0.6 is 11.3 Å². The van der Waals surface area contributed by atoms with Gasteiger partial charge in [0.05, 0.1) is 22.9 Å². The second-order valence-corrected chi connectivity index (χ2v) is 6.08. The number of fused-ring (bicyclic) bond motifs is 1. The number of anilines is 1. The van der Waals surface area contributed by atoms with Gasteiger partial charge in [-0.3, -0.25) is 4.72 Å². The molecule has 92 valence electrons. The zero-order chi connectivity index (χ0) is 12.5. The molecule has 0 aliphatic carbocycles. The number of hydrogen-bond donors (Lipinski definition) is 1. The van der Waals surface area contributed by atoms with Gasteiger partial charge in [0.2, 0.25) is 10.0 Å². The molecular weight excluding hydrogens is 262 g/mol. The fraction of sp³-hybridized carbons (Fsp3) is 0.300. The molecule has 0 unspecified atom stereocenters. The normalized spacial score (nSPS) is 19.5. The Balaban J connectivity index is 2.39. The first-order valence-corrected chi connectivity index (χ1v) is 7.50. The van der Waals surface area contributed by atoms with Crippen molar-refractivity contribution in [3.8, 4) is 0 Å². The van der Waals surface area contributed by atoms with Crippen molar-refractivity contribution in [3.05, 3.63) is 22.4 Å². The summed E-state index contributed by atoms with van der Waals surface area (Å²) < 4.78 is 30.3. The second-order valence-electron chi connectivity index (χ2n) is 3.45. The molecule has 0 bridgehead atoms. The van der Waals surface area contributed by atoms with Gasteiger partial charge in [0, 0.05) is 6.08 Å². The predicted octanol–water partition coefficient (Wildman–Crippen LogP) is 1.45. The van der Waals surface area contributed by atoms with E-state index in [0.29, 0.717) is 11.3 Å². The Morgan fingerprint density at radius 3 is 3.12 bits per heavy atom. The number of thiophene rings is 1. The molecule has 17 heavy (non-hydrogen) atoms. The number of ether oxygens (including phenoxy) is 1. The predicted molar refractivity (Wildman–Crippen MR) is 66.3 cm³/mol. The maximum Gasteiger partial charge on any atom is 0.331 e. The summed E-state index contributed by atoms with van der Waals surface area (Å²) >= 11 is 1.39. The van der Waals surface area contributed by atoms with Gasteiger partial charge < -0.3 is 4.74 Å². The highest BCUT2D eigenvalue weighted by molar-refractivity contribution is 7.93. The molecule has 0 saturated heterocycles. The summed E-state index contributed by atoms with van der Waals surface area (Å²) in [7, 11) is -3.40. The molecule has 2 rings (SSSR count). The molecular formula is C10H11NO4S2. The molecule has 1 aliphatic rings. The number of sulfonamides is 1. The molecule has 0 atom stereocenters. The Kier molecular flexibility index (Phi) is 3.21. The van der Waals surface area contributed by atoms with E-state index in [1.54, 1.807) is 18.4 Å². The Bertz CT molecular complexity index is 571. The third-order valence-corrected chi connectivity index (χ3v) is 4.36. The van der Waals surface area contributed by atoms with Crippen molar-refractivity contribution < 1.29 is 17.9 Å². The fourth-order valence-corrected chi connectivity index (χ4v) is 3.78. The third kappa shape index (κ3) is 2.67. The SMILES string of the molecule is CCOC(=O)/C=C1/CS(=O)(=O)Nc2ccsc21. The summed E-state index contributed by atoms with van der Waals surface area (Å²) in [6, 6.07) is 1.68. The van der Waals surface area contributed by atoms with Crippen LogP contribution in [0.2, 0.25) is 0 Å². The van der Waals surface area contributed by atoms with E-state index in [-0.39, 0.29) is 12.4 Å². The van der Waals surface area contributed by atoms with Crippen LogP contribution in [0, 0.1) is 0 Å². The Labute approximate surface area is 103 Å². The molecule has 1 aromatic heterocycles. The number of nitrogens with one attached hydrogen (secondary N) is 1. The maximum atomic E-state index is 11.6. The standard InChI is InChI=1S/C10H11NO4S2/c1-2-15-9(12)5-7-6-17(13,14)11-8-3-4-16-10(7)8/h3-5,11H,2,6H2,1H3/b7-5-. The zero-order valence-electron chi connectivity index (χ0n) is 9.10. The van der Waals surface area contributed by atoms with Gasteiger partial charge in [0.1, 0.15) is 0 Å². The third-order valence-electron chi connectivity index (χ3n) is 2.15. The summed E-state index contributed by atoms with van der Waals surface area (Å²) in [5.74, 6) is -0.710. The van der Waals surface area contributed by atoms with Crippen molar-refractivity contribution in [2.45, 2.75) is 6.92 Å². The van der Waals surface area contributed by atoms with E-state index in [9.17, 15) is 13.2 Å². The van der Waals surface area contributed by atoms with E-state index in [0.717, 1.165) is 4.88 Å². The van der Waals surface area contributed by atoms with Crippen molar-refractivity contribution in [2.75, 3.05) is 17.1 Å². The highest BCUT2D eigenvalue weighted by Gasteiger charge is 2.26. The Morgan fingerprint density at radius 2 is 2.41 bits per heavy atom. The van der Waals surface area contributed by atoms with E-state index < -0.39 is 16.0 Å². The average molecular weight is 273 g/mol. The molecule has 7 heteroatoms. The van der Waals surface area contributed by atoms with E-state index in [1.807, 2.05) is 0 Å². The lowest BCUT2D eigenvalue weighted by molar-refractivity contribution is -0.137. The number of esters is 1. The van der Waals surface area contributed by atoms with Crippen LogP contribution in [0.4, 0.5) is 5.69 Å². The summed E-state index contributed by atoms with van der Waals surface area (Å²) in [5.41, 5.74) is 1.00. The van der Waals surface area contributed by atoms with E-state index >= 15 is 0 Å². The van der Waals surface area contributed by atoms with Crippen molar-refractivity contribution in [1.29, 1.82) is 0 Å². The van der Waals surface area contributed by atoms with Gasteiger partial charge in [-0.05, 0) is 23.9 Å². The first-order chi connectivity index (χ1) is 8.02. The van der Waals surface area contributed by atoms with Crippen LogP contribution in [0.1, 0.15) is 11.8 Å². The van der Waals surface area contributed by atoms with Gasteiger partial charge >= 0.3 is 5.97 Å². The molecule has 1 N–H and O–H groups in total. The number of carbonyl (C=O) groups is 1. The van der Waals surface area contributed by atoms with E-state index in [2.05, 4.69) is 4.72 Å². The quantitative estimate of drug-likeness (QED) is 0.654. The molecule has 1 aliphatic heterocycles. The summed E-state index contributed by atoms with van der Waals surface area (Å²) in [4.78, 5) is 12.1. The second kappa shape index (κ2) is 4.50. The smallest absolute Gasteiger partial charge is 0.331 e. The highest BCUT2D eigenvalue weighted by Crippen LogP contribution is 2.35. The summed E-state index contributed by atoms with van der Waals surface area (Å²) in [6.07, 6.45) is 1.25. The lowest BCUT2D eigenvalue weighted by Gasteiger charge is -2.17.